The summed E-state index contributed by atoms with van der Waals surface area (Å²) in [6, 6.07) is 3.60. The molecule has 0 aromatic heterocycles. The molecule has 2 fully saturated rings. The number of anilines is 1. The number of carboxylic acid groups (broad SMARTS) is 1. The second-order valence-electron chi connectivity index (χ2n) is 6.78. The fraction of sp³-hybridized carbons (Fsp3) is 0.556. The Morgan fingerprint density at radius 1 is 1.26 bits per heavy atom. The van der Waals surface area contributed by atoms with Crippen LogP contribution in [0.5, 0.6) is 11.5 Å². The van der Waals surface area contributed by atoms with Crippen LogP contribution in [0.15, 0.2) is 18.2 Å². The van der Waals surface area contributed by atoms with Gasteiger partial charge in [0.25, 0.3) is 0 Å². The summed E-state index contributed by atoms with van der Waals surface area (Å²) in [6.07, 6.45) is 2.11. The van der Waals surface area contributed by atoms with E-state index in [9.17, 15) is 23.5 Å². The number of carbonyl (C=O) groups excluding carboxylic acids is 1. The zero-order valence-electron chi connectivity index (χ0n) is 14.9. The Labute approximate surface area is 155 Å². The highest BCUT2D eigenvalue weighted by molar-refractivity contribution is 5.83. The quantitative estimate of drug-likeness (QED) is 0.777. The lowest BCUT2D eigenvalue weighted by Crippen LogP contribution is -2.58. The lowest BCUT2D eigenvalue weighted by atomic mass is 10.1. The van der Waals surface area contributed by atoms with Gasteiger partial charge in [-0.25, -0.2) is 4.79 Å². The number of benzene rings is 1. The number of rotatable bonds is 7. The van der Waals surface area contributed by atoms with E-state index in [0.717, 1.165) is 12.8 Å². The number of hydrogen-bond donors (Lipinski definition) is 1. The van der Waals surface area contributed by atoms with E-state index in [2.05, 4.69) is 4.74 Å². The molecule has 9 heteroatoms. The van der Waals surface area contributed by atoms with Crippen molar-refractivity contribution in [3.63, 3.8) is 0 Å². The molecule has 1 aliphatic heterocycles. The van der Waals surface area contributed by atoms with Crippen LogP contribution in [0.25, 0.3) is 0 Å². The molecule has 1 aromatic rings. The van der Waals surface area contributed by atoms with Gasteiger partial charge in [0.05, 0.1) is 6.61 Å². The molecule has 148 valence electrons. The Balaban J connectivity index is 1.79. The standard InChI is InChI=1S/C18H22F2N2O5/c1-11(23)22-7-6-21(9-14(22)17(24)25)13-4-5-15(27-18(19)20)16(8-13)26-10-12-2-3-12/h4-5,8,12,14,18H,2-3,6-7,9-10H2,1H3,(H,24,25)/t14-/m1/s1. The lowest BCUT2D eigenvalue weighted by molar-refractivity contribution is -0.149. The average Bonchev–Trinajstić information content (AvgIpc) is 3.44. The van der Waals surface area contributed by atoms with Crippen LogP contribution in [0.3, 0.4) is 0 Å². The number of carbonyl (C=O) groups is 2. The van der Waals surface area contributed by atoms with Gasteiger partial charge in [0.1, 0.15) is 6.04 Å². The maximum Gasteiger partial charge on any atom is 0.387 e. The van der Waals surface area contributed by atoms with E-state index in [4.69, 9.17) is 4.74 Å². The molecule has 1 saturated carbocycles. The molecule has 7 nitrogen and oxygen atoms in total. The number of nitrogens with zero attached hydrogens (tertiary/aromatic N) is 2. The van der Waals surface area contributed by atoms with Gasteiger partial charge >= 0.3 is 12.6 Å². The number of aliphatic carboxylic acids is 1. The van der Waals surface area contributed by atoms with Crippen molar-refractivity contribution in [1.29, 1.82) is 0 Å². The predicted octanol–water partition coefficient (Wildman–Crippen LogP) is 2.20. The molecule has 27 heavy (non-hydrogen) atoms. The minimum Gasteiger partial charge on any atom is -0.489 e. The summed E-state index contributed by atoms with van der Waals surface area (Å²) in [5.41, 5.74) is 0.636. The first-order valence-corrected chi connectivity index (χ1v) is 8.81. The maximum absolute atomic E-state index is 12.6. The van der Waals surface area contributed by atoms with Crippen molar-refractivity contribution in [1.82, 2.24) is 4.90 Å². The van der Waals surface area contributed by atoms with Crippen molar-refractivity contribution in [2.45, 2.75) is 32.4 Å². The van der Waals surface area contributed by atoms with Crippen LogP contribution in [0, 0.1) is 5.92 Å². The van der Waals surface area contributed by atoms with E-state index in [1.807, 2.05) is 0 Å². The number of alkyl halides is 2. The Bertz CT molecular complexity index is 711. The van der Waals surface area contributed by atoms with E-state index in [-0.39, 0.29) is 30.5 Å². The van der Waals surface area contributed by atoms with Crippen molar-refractivity contribution in [3.05, 3.63) is 18.2 Å². The van der Waals surface area contributed by atoms with Crippen LogP contribution < -0.4 is 14.4 Å². The molecule has 1 aromatic carbocycles. The second kappa shape index (κ2) is 7.98. The third kappa shape index (κ3) is 4.78. The van der Waals surface area contributed by atoms with Crippen LogP contribution in [0.1, 0.15) is 19.8 Å². The second-order valence-corrected chi connectivity index (χ2v) is 6.78. The third-order valence-corrected chi connectivity index (χ3v) is 4.75. The zero-order valence-corrected chi connectivity index (χ0v) is 14.9. The topological polar surface area (TPSA) is 79.3 Å². The van der Waals surface area contributed by atoms with Gasteiger partial charge in [-0.15, -0.1) is 0 Å². The molecule has 0 unspecified atom stereocenters. The first-order valence-electron chi connectivity index (χ1n) is 8.81. The summed E-state index contributed by atoms with van der Waals surface area (Å²) in [6.45, 7) is -0.397. The highest BCUT2D eigenvalue weighted by atomic mass is 19.3. The van der Waals surface area contributed by atoms with Gasteiger partial charge in [-0.2, -0.15) is 8.78 Å². The highest BCUT2D eigenvalue weighted by Crippen LogP contribution is 2.36. The Hall–Kier alpha value is -2.58. The van der Waals surface area contributed by atoms with Crippen LogP contribution in [0.2, 0.25) is 0 Å². The van der Waals surface area contributed by atoms with Gasteiger partial charge in [-0.3, -0.25) is 4.79 Å². The lowest BCUT2D eigenvalue weighted by Gasteiger charge is -2.40. The van der Waals surface area contributed by atoms with Crippen LogP contribution >= 0.6 is 0 Å². The zero-order chi connectivity index (χ0) is 19.6. The molecule has 1 heterocycles. The molecule has 1 N–H and O–H groups in total. The van der Waals surface area contributed by atoms with Crippen LogP contribution in [0.4, 0.5) is 14.5 Å². The molecule has 1 aliphatic carbocycles. The fourth-order valence-corrected chi connectivity index (χ4v) is 3.10. The Morgan fingerprint density at radius 2 is 2.00 bits per heavy atom. The summed E-state index contributed by atoms with van der Waals surface area (Å²) in [5.74, 6) is -0.787. The Kier molecular flexibility index (Phi) is 5.67. The summed E-state index contributed by atoms with van der Waals surface area (Å²) in [7, 11) is 0. The molecule has 0 spiro atoms. The minimum absolute atomic E-state index is 0.0495. The van der Waals surface area contributed by atoms with E-state index >= 15 is 0 Å². The molecule has 1 atom stereocenters. The number of amides is 1. The van der Waals surface area contributed by atoms with Crippen molar-refractivity contribution in [2.75, 3.05) is 31.1 Å². The molecular formula is C18H22F2N2O5. The van der Waals surface area contributed by atoms with E-state index in [1.54, 1.807) is 17.0 Å². The van der Waals surface area contributed by atoms with Gasteiger partial charge in [-0.05, 0) is 30.9 Å². The average molecular weight is 384 g/mol. The summed E-state index contributed by atoms with van der Waals surface area (Å²) < 4.78 is 35.5. The minimum atomic E-state index is -2.96. The third-order valence-electron chi connectivity index (χ3n) is 4.75. The summed E-state index contributed by atoms with van der Waals surface area (Å²) in [4.78, 5) is 26.3. The first kappa shape index (κ1) is 19.2. The number of ether oxygens (including phenoxy) is 2. The molecule has 1 saturated heterocycles. The Morgan fingerprint density at radius 3 is 2.59 bits per heavy atom. The van der Waals surface area contributed by atoms with Crippen molar-refractivity contribution >= 4 is 17.6 Å². The maximum atomic E-state index is 12.6. The van der Waals surface area contributed by atoms with Crippen molar-refractivity contribution < 1.29 is 33.0 Å². The molecule has 3 rings (SSSR count). The number of halogens is 2. The van der Waals surface area contributed by atoms with E-state index < -0.39 is 18.6 Å². The molecule has 0 bridgehead atoms. The SMILES string of the molecule is CC(=O)N1CCN(c2ccc(OC(F)F)c(OCC3CC3)c2)C[C@@H]1C(=O)O. The summed E-state index contributed by atoms with van der Waals surface area (Å²) >= 11 is 0. The smallest absolute Gasteiger partial charge is 0.387 e. The van der Waals surface area contributed by atoms with Gasteiger partial charge in [0.15, 0.2) is 11.5 Å². The number of carboxylic acids is 1. The normalized spacial score (nSPS) is 19.9. The van der Waals surface area contributed by atoms with Crippen molar-refractivity contribution in [2.24, 2.45) is 5.92 Å². The number of piperazine rings is 1. The van der Waals surface area contributed by atoms with Crippen LogP contribution in [-0.4, -0.2) is 60.8 Å². The molecule has 0 radical (unpaired) electrons. The van der Waals surface area contributed by atoms with E-state index in [0.29, 0.717) is 24.8 Å². The molecular weight excluding hydrogens is 362 g/mol. The highest BCUT2D eigenvalue weighted by Gasteiger charge is 2.34. The van der Waals surface area contributed by atoms with Crippen LogP contribution in [-0.2, 0) is 9.59 Å². The van der Waals surface area contributed by atoms with Gasteiger partial charge in [0, 0.05) is 38.3 Å². The van der Waals surface area contributed by atoms with E-state index in [1.165, 1.54) is 17.9 Å². The predicted molar refractivity (Wildman–Crippen MR) is 92.3 cm³/mol. The first-order chi connectivity index (χ1) is 12.8. The largest absolute Gasteiger partial charge is 0.489 e. The monoisotopic (exact) mass is 384 g/mol. The summed E-state index contributed by atoms with van der Waals surface area (Å²) in [5, 5.41) is 9.42. The van der Waals surface area contributed by atoms with Gasteiger partial charge in [-0.1, -0.05) is 0 Å². The van der Waals surface area contributed by atoms with Gasteiger partial charge in [0.2, 0.25) is 5.91 Å². The van der Waals surface area contributed by atoms with Crippen molar-refractivity contribution in [3.8, 4) is 11.5 Å². The molecule has 1 amide bonds. The number of hydrogen-bond acceptors (Lipinski definition) is 5. The fourth-order valence-electron chi connectivity index (χ4n) is 3.10. The molecule has 2 aliphatic rings. The van der Waals surface area contributed by atoms with Gasteiger partial charge < -0.3 is 24.4 Å².